The number of rotatable bonds is 8. The number of aromatic nitrogens is 2. The van der Waals surface area contributed by atoms with Crippen molar-refractivity contribution in [1.82, 2.24) is 24.7 Å². The van der Waals surface area contributed by atoms with Crippen LogP contribution in [0.1, 0.15) is 38.4 Å². The molecule has 0 aliphatic heterocycles. The quantitative estimate of drug-likeness (QED) is 0.397. The van der Waals surface area contributed by atoms with Crippen molar-refractivity contribution in [1.29, 1.82) is 0 Å². The minimum Gasteiger partial charge on any atom is -0.444 e. The fourth-order valence-electron chi connectivity index (χ4n) is 3.11. The van der Waals surface area contributed by atoms with Crippen molar-refractivity contribution in [3.8, 4) is 0 Å². The molecule has 0 aromatic carbocycles. The zero-order chi connectivity index (χ0) is 22.9. The monoisotopic (exact) mass is 428 g/mol. The highest BCUT2D eigenvalue weighted by molar-refractivity contribution is 5.79. The number of amides is 1. The number of pyridine rings is 1. The van der Waals surface area contributed by atoms with Gasteiger partial charge in [-0.25, -0.2) is 4.79 Å². The molecule has 0 aliphatic carbocycles. The Morgan fingerprint density at radius 2 is 2.03 bits per heavy atom. The molecule has 0 saturated heterocycles. The second-order valence-corrected chi connectivity index (χ2v) is 8.56. The van der Waals surface area contributed by atoms with E-state index in [9.17, 15) is 4.79 Å². The van der Waals surface area contributed by atoms with Crippen LogP contribution in [0, 0.1) is 0 Å². The number of ether oxygens (including phenoxy) is 1. The van der Waals surface area contributed by atoms with E-state index in [1.165, 1.54) is 5.69 Å². The van der Waals surface area contributed by atoms with E-state index in [-0.39, 0.29) is 6.09 Å². The van der Waals surface area contributed by atoms with Crippen LogP contribution in [-0.2, 0) is 24.9 Å². The largest absolute Gasteiger partial charge is 0.444 e. The number of guanidine groups is 1. The Hall–Kier alpha value is -3.03. The predicted octanol–water partition coefficient (Wildman–Crippen LogP) is 3.25. The Balaban J connectivity index is 1.89. The summed E-state index contributed by atoms with van der Waals surface area (Å²) < 4.78 is 7.69. The molecule has 2 heterocycles. The molecule has 1 N–H and O–H groups in total. The maximum absolute atomic E-state index is 12.7. The van der Waals surface area contributed by atoms with Gasteiger partial charge in [-0.1, -0.05) is 6.07 Å². The number of hydrogen-bond acceptors (Lipinski definition) is 4. The Morgan fingerprint density at radius 1 is 1.26 bits per heavy atom. The number of aliphatic imine (C=N–C) groups is 1. The highest BCUT2D eigenvalue weighted by Gasteiger charge is 2.22. The highest BCUT2D eigenvalue weighted by Crippen LogP contribution is 2.13. The number of carbonyl (C=O) groups excluding carboxylic acids is 1. The third kappa shape index (κ3) is 8.32. The van der Waals surface area contributed by atoms with E-state index in [2.05, 4.69) is 30.8 Å². The van der Waals surface area contributed by atoms with Gasteiger partial charge in [0, 0.05) is 58.5 Å². The Morgan fingerprint density at radius 3 is 2.61 bits per heavy atom. The van der Waals surface area contributed by atoms with Gasteiger partial charge in [0.2, 0.25) is 0 Å². The molecule has 0 unspecified atom stereocenters. The fraction of sp³-hybridized carbons (Fsp3) is 0.522. The summed E-state index contributed by atoms with van der Waals surface area (Å²) in [5.74, 6) is 0.817. The minimum atomic E-state index is -0.537. The van der Waals surface area contributed by atoms with Gasteiger partial charge in [-0.15, -0.1) is 0 Å². The molecule has 0 radical (unpaired) electrons. The number of nitrogens with zero attached hydrogens (tertiary/aromatic N) is 5. The molecule has 0 aliphatic rings. The van der Waals surface area contributed by atoms with Crippen molar-refractivity contribution in [2.45, 2.75) is 45.9 Å². The first-order chi connectivity index (χ1) is 14.7. The van der Waals surface area contributed by atoms with Gasteiger partial charge in [0.05, 0.1) is 13.1 Å². The van der Waals surface area contributed by atoms with Gasteiger partial charge in [-0.05, 0) is 51.0 Å². The summed E-state index contributed by atoms with van der Waals surface area (Å²) in [6.45, 7) is 8.11. The maximum Gasteiger partial charge on any atom is 0.410 e. The smallest absolute Gasteiger partial charge is 0.410 e. The number of aryl methyl sites for hydroxylation is 1. The van der Waals surface area contributed by atoms with Crippen molar-refractivity contribution in [3.63, 3.8) is 0 Å². The first kappa shape index (κ1) is 24.2. The van der Waals surface area contributed by atoms with Crippen LogP contribution in [0.2, 0.25) is 0 Å². The van der Waals surface area contributed by atoms with E-state index >= 15 is 0 Å². The molecule has 0 saturated carbocycles. The van der Waals surface area contributed by atoms with Gasteiger partial charge < -0.3 is 24.4 Å². The summed E-state index contributed by atoms with van der Waals surface area (Å²) in [5.41, 5.74) is 1.64. The molecule has 8 nitrogen and oxygen atoms in total. The van der Waals surface area contributed by atoms with Crippen LogP contribution < -0.4 is 5.32 Å². The fourth-order valence-corrected chi connectivity index (χ4v) is 3.11. The van der Waals surface area contributed by atoms with Crippen LogP contribution in [0.4, 0.5) is 4.79 Å². The van der Waals surface area contributed by atoms with E-state index in [1.54, 1.807) is 24.3 Å². The van der Waals surface area contributed by atoms with Crippen LogP contribution in [0.5, 0.6) is 0 Å². The van der Waals surface area contributed by atoms with E-state index in [4.69, 9.17) is 4.74 Å². The van der Waals surface area contributed by atoms with Crippen LogP contribution in [0.3, 0.4) is 0 Å². The molecule has 8 heteroatoms. The van der Waals surface area contributed by atoms with Gasteiger partial charge >= 0.3 is 6.09 Å². The minimum absolute atomic E-state index is 0.318. The summed E-state index contributed by atoms with van der Waals surface area (Å²) in [6.07, 6.45) is 5.98. The molecule has 2 aromatic rings. The lowest BCUT2D eigenvalue weighted by atomic mass is 10.2. The lowest BCUT2D eigenvalue weighted by Gasteiger charge is -2.28. The lowest BCUT2D eigenvalue weighted by molar-refractivity contribution is 0.0232. The summed E-state index contributed by atoms with van der Waals surface area (Å²) in [4.78, 5) is 25.0. The molecule has 0 fully saturated rings. The molecule has 0 atom stereocenters. The SMILES string of the molecule is CN=C(NCCCN(Cc1cccnc1)C(=O)OC(C)(C)C)N(C)Cc1cccn1C. The van der Waals surface area contributed by atoms with E-state index < -0.39 is 5.60 Å². The molecule has 31 heavy (non-hydrogen) atoms. The van der Waals surface area contributed by atoms with Gasteiger partial charge in [-0.3, -0.25) is 9.98 Å². The Bertz CT molecular complexity index is 841. The predicted molar refractivity (Wildman–Crippen MR) is 124 cm³/mol. The Kier molecular flexibility index (Phi) is 8.90. The second kappa shape index (κ2) is 11.4. The van der Waals surface area contributed by atoms with Gasteiger partial charge in [0.25, 0.3) is 0 Å². The maximum atomic E-state index is 12.7. The summed E-state index contributed by atoms with van der Waals surface area (Å²) >= 11 is 0. The normalized spacial score (nSPS) is 11.9. The first-order valence-electron chi connectivity index (χ1n) is 10.6. The van der Waals surface area contributed by atoms with E-state index in [0.29, 0.717) is 19.6 Å². The molecule has 170 valence electrons. The summed E-state index contributed by atoms with van der Waals surface area (Å²) in [6, 6.07) is 7.97. The van der Waals surface area contributed by atoms with Crippen LogP contribution in [0.25, 0.3) is 0 Å². The molecular formula is C23H36N6O2. The third-order valence-corrected chi connectivity index (χ3v) is 4.66. The molecule has 1 amide bonds. The van der Waals surface area contributed by atoms with Crippen molar-refractivity contribution in [2.75, 3.05) is 27.2 Å². The molecule has 2 aromatic heterocycles. The topological polar surface area (TPSA) is 75.0 Å². The number of nitrogens with one attached hydrogen (secondary N) is 1. The van der Waals surface area contributed by atoms with E-state index in [0.717, 1.165) is 24.5 Å². The van der Waals surface area contributed by atoms with Crippen molar-refractivity contribution in [3.05, 3.63) is 54.1 Å². The lowest BCUT2D eigenvalue weighted by Crippen LogP contribution is -2.41. The summed E-state index contributed by atoms with van der Waals surface area (Å²) in [5, 5.41) is 3.38. The van der Waals surface area contributed by atoms with Gasteiger partial charge in [0.15, 0.2) is 5.96 Å². The molecule has 0 spiro atoms. The standard InChI is InChI=1S/C23H36N6O2/c1-23(2,3)31-22(30)29(17-19-10-7-12-25-16-19)15-9-13-26-21(24-4)28(6)18-20-11-8-14-27(20)5/h7-8,10-12,14,16H,9,13,15,17-18H2,1-6H3,(H,24,26). The molecule has 2 rings (SSSR count). The third-order valence-electron chi connectivity index (χ3n) is 4.66. The van der Waals surface area contributed by atoms with Crippen LogP contribution in [-0.4, -0.2) is 64.2 Å². The number of hydrogen-bond donors (Lipinski definition) is 1. The van der Waals surface area contributed by atoms with Crippen molar-refractivity contribution < 1.29 is 9.53 Å². The highest BCUT2D eigenvalue weighted by atomic mass is 16.6. The zero-order valence-corrected chi connectivity index (χ0v) is 19.6. The van der Waals surface area contributed by atoms with Gasteiger partial charge in [-0.2, -0.15) is 0 Å². The molecular weight excluding hydrogens is 392 g/mol. The average Bonchev–Trinajstić information content (AvgIpc) is 3.10. The van der Waals surface area contributed by atoms with Crippen LogP contribution >= 0.6 is 0 Å². The first-order valence-corrected chi connectivity index (χ1v) is 10.6. The Labute approximate surface area is 185 Å². The van der Waals surface area contributed by atoms with Crippen molar-refractivity contribution >= 4 is 12.1 Å². The molecule has 0 bridgehead atoms. The summed E-state index contributed by atoms with van der Waals surface area (Å²) in [7, 11) is 5.82. The van der Waals surface area contributed by atoms with E-state index in [1.807, 2.05) is 59.3 Å². The van der Waals surface area contributed by atoms with Crippen LogP contribution in [0.15, 0.2) is 47.8 Å². The second-order valence-electron chi connectivity index (χ2n) is 8.56. The zero-order valence-electron chi connectivity index (χ0n) is 19.6. The average molecular weight is 429 g/mol. The number of carbonyl (C=O) groups is 1. The van der Waals surface area contributed by atoms with Gasteiger partial charge in [0.1, 0.15) is 5.60 Å². The van der Waals surface area contributed by atoms with Crippen molar-refractivity contribution in [2.24, 2.45) is 12.0 Å².